The Balaban J connectivity index is 1.65. The molecule has 2 aliphatic rings. The second-order valence-corrected chi connectivity index (χ2v) is 5.84. The molecule has 0 aromatic carbocycles. The lowest BCUT2D eigenvalue weighted by molar-refractivity contribution is 0.125. The lowest BCUT2D eigenvalue weighted by atomic mass is 9.84. The molecule has 1 aromatic heterocycles. The first-order chi connectivity index (χ1) is 8.76. The molecule has 3 heteroatoms. The number of hydrogen-bond acceptors (Lipinski definition) is 3. The van der Waals surface area contributed by atoms with Gasteiger partial charge in [-0.15, -0.1) is 0 Å². The van der Waals surface area contributed by atoms with E-state index < -0.39 is 6.10 Å². The minimum absolute atomic E-state index is 0.392. The number of aromatic nitrogens is 1. The molecular formula is C15H21NO2. The first-order valence-corrected chi connectivity index (χ1v) is 6.93. The molecule has 2 fully saturated rings. The monoisotopic (exact) mass is 247 g/mol. The van der Waals surface area contributed by atoms with Crippen molar-refractivity contribution >= 4 is 0 Å². The number of methoxy groups -OCH3 is 1. The molecular weight excluding hydrogens is 226 g/mol. The molecule has 2 saturated carbocycles. The predicted octanol–water partition coefficient (Wildman–Crippen LogP) is 2.95. The summed E-state index contributed by atoms with van der Waals surface area (Å²) in [5, 5.41) is 10.3. The fraction of sp³-hybridized carbons (Fsp3) is 0.667. The normalized spacial score (nSPS) is 31.6. The fourth-order valence-electron chi connectivity index (χ4n) is 3.82. The largest absolute Gasteiger partial charge is 0.495 e. The molecule has 4 atom stereocenters. The maximum absolute atomic E-state index is 10.3. The molecule has 1 aromatic rings. The van der Waals surface area contributed by atoms with Gasteiger partial charge in [0, 0.05) is 11.8 Å². The highest BCUT2D eigenvalue weighted by Gasteiger charge is 2.40. The van der Waals surface area contributed by atoms with Crippen LogP contribution in [0.25, 0.3) is 0 Å². The van der Waals surface area contributed by atoms with E-state index in [2.05, 4.69) is 4.98 Å². The zero-order valence-corrected chi connectivity index (χ0v) is 10.9. The van der Waals surface area contributed by atoms with E-state index in [1.54, 1.807) is 19.5 Å². The van der Waals surface area contributed by atoms with Gasteiger partial charge in [0.2, 0.25) is 0 Å². The first kappa shape index (κ1) is 12.0. The summed E-state index contributed by atoms with van der Waals surface area (Å²) < 4.78 is 5.15. The van der Waals surface area contributed by atoms with E-state index in [0.29, 0.717) is 5.92 Å². The zero-order chi connectivity index (χ0) is 12.5. The summed E-state index contributed by atoms with van der Waals surface area (Å²) >= 11 is 0. The molecule has 0 aliphatic heterocycles. The second kappa shape index (κ2) is 4.88. The van der Waals surface area contributed by atoms with Crippen LogP contribution in [-0.4, -0.2) is 17.2 Å². The molecule has 1 heterocycles. The Labute approximate surface area is 108 Å². The maximum atomic E-state index is 10.3. The van der Waals surface area contributed by atoms with Crippen LogP contribution in [0.3, 0.4) is 0 Å². The van der Waals surface area contributed by atoms with Crippen molar-refractivity contribution < 1.29 is 9.84 Å². The standard InChI is InChI=1S/C15H21NO2/c1-18-14-6-13(8-16-9-14)15(17)7-12-5-10-2-3-11(12)4-10/h6,8-12,15,17H,2-5,7H2,1H3. The topological polar surface area (TPSA) is 42.4 Å². The Bertz CT molecular complexity index is 421. The number of hydrogen-bond donors (Lipinski definition) is 1. The van der Waals surface area contributed by atoms with Crippen molar-refractivity contribution in [1.29, 1.82) is 0 Å². The van der Waals surface area contributed by atoms with Gasteiger partial charge in [-0.3, -0.25) is 4.98 Å². The average Bonchev–Trinajstić information content (AvgIpc) is 3.01. The van der Waals surface area contributed by atoms with Gasteiger partial charge in [0.15, 0.2) is 0 Å². The Kier molecular flexibility index (Phi) is 3.25. The van der Waals surface area contributed by atoms with Crippen LogP contribution in [0.15, 0.2) is 18.5 Å². The van der Waals surface area contributed by atoms with Crippen molar-refractivity contribution in [1.82, 2.24) is 4.98 Å². The second-order valence-electron chi connectivity index (χ2n) is 5.84. The highest BCUT2D eigenvalue weighted by atomic mass is 16.5. The van der Waals surface area contributed by atoms with Crippen molar-refractivity contribution in [3.05, 3.63) is 24.0 Å². The number of nitrogens with zero attached hydrogens (tertiary/aromatic N) is 1. The maximum Gasteiger partial charge on any atom is 0.137 e. The van der Waals surface area contributed by atoms with Crippen LogP contribution in [0, 0.1) is 17.8 Å². The van der Waals surface area contributed by atoms with E-state index in [1.165, 1.54) is 25.7 Å². The summed E-state index contributed by atoms with van der Waals surface area (Å²) in [7, 11) is 1.63. The third-order valence-corrected chi connectivity index (χ3v) is 4.77. The zero-order valence-electron chi connectivity index (χ0n) is 10.9. The SMILES string of the molecule is COc1cncc(C(O)CC2CC3CCC2C3)c1. The van der Waals surface area contributed by atoms with Gasteiger partial charge in [-0.1, -0.05) is 6.42 Å². The van der Waals surface area contributed by atoms with Crippen LogP contribution in [0.4, 0.5) is 0 Å². The number of pyridine rings is 1. The molecule has 2 bridgehead atoms. The minimum atomic E-state index is -0.392. The molecule has 98 valence electrons. The van der Waals surface area contributed by atoms with Crippen LogP contribution in [0.1, 0.15) is 43.8 Å². The smallest absolute Gasteiger partial charge is 0.137 e. The van der Waals surface area contributed by atoms with Crippen LogP contribution in [0.2, 0.25) is 0 Å². The molecule has 18 heavy (non-hydrogen) atoms. The van der Waals surface area contributed by atoms with Crippen molar-refractivity contribution in [3.8, 4) is 5.75 Å². The third kappa shape index (κ3) is 2.24. The summed E-state index contributed by atoms with van der Waals surface area (Å²) in [5.74, 6) is 3.24. The molecule has 1 N–H and O–H groups in total. The first-order valence-electron chi connectivity index (χ1n) is 6.93. The number of aliphatic hydroxyl groups is 1. The van der Waals surface area contributed by atoms with E-state index in [-0.39, 0.29) is 0 Å². The van der Waals surface area contributed by atoms with Crippen LogP contribution in [-0.2, 0) is 0 Å². The van der Waals surface area contributed by atoms with Crippen LogP contribution < -0.4 is 4.74 Å². The van der Waals surface area contributed by atoms with Crippen molar-refractivity contribution in [2.24, 2.45) is 17.8 Å². The molecule has 0 spiro atoms. The van der Waals surface area contributed by atoms with Gasteiger partial charge in [0.1, 0.15) is 5.75 Å². The summed E-state index contributed by atoms with van der Waals surface area (Å²) in [4.78, 5) is 4.11. The third-order valence-electron chi connectivity index (χ3n) is 4.77. The lowest BCUT2D eigenvalue weighted by Crippen LogP contribution is -2.14. The number of aliphatic hydroxyl groups excluding tert-OH is 1. The molecule has 4 unspecified atom stereocenters. The van der Waals surface area contributed by atoms with Gasteiger partial charge in [0.05, 0.1) is 19.4 Å². The van der Waals surface area contributed by atoms with Crippen molar-refractivity contribution in [2.75, 3.05) is 7.11 Å². The molecule has 3 rings (SSSR count). The molecule has 0 saturated heterocycles. The Hall–Kier alpha value is -1.09. The van der Waals surface area contributed by atoms with Crippen LogP contribution >= 0.6 is 0 Å². The van der Waals surface area contributed by atoms with E-state index in [9.17, 15) is 5.11 Å². The van der Waals surface area contributed by atoms with Gasteiger partial charge in [-0.05, 0) is 49.5 Å². The number of ether oxygens (including phenoxy) is 1. The number of fused-ring (bicyclic) bond motifs is 2. The van der Waals surface area contributed by atoms with Gasteiger partial charge in [0.25, 0.3) is 0 Å². The lowest BCUT2D eigenvalue weighted by Gasteiger charge is -2.24. The van der Waals surface area contributed by atoms with Gasteiger partial charge in [-0.25, -0.2) is 0 Å². The summed E-state index contributed by atoms with van der Waals surface area (Å²) in [5.41, 5.74) is 0.886. The van der Waals surface area contributed by atoms with E-state index in [0.717, 1.165) is 29.6 Å². The number of rotatable bonds is 4. The Morgan fingerprint density at radius 2 is 2.28 bits per heavy atom. The summed E-state index contributed by atoms with van der Waals surface area (Å²) in [6, 6.07) is 1.89. The summed E-state index contributed by atoms with van der Waals surface area (Å²) in [6.07, 6.45) is 9.42. The minimum Gasteiger partial charge on any atom is -0.495 e. The molecule has 0 radical (unpaired) electrons. The Morgan fingerprint density at radius 3 is 2.94 bits per heavy atom. The van der Waals surface area contributed by atoms with Gasteiger partial charge < -0.3 is 9.84 Å². The Morgan fingerprint density at radius 1 is 1.39 bits per heavy atom. The highest BCUT2D eigenvalue weighted by Crippen LogP contribution is 2.50. The van der Waals surface area contributed by atoms with Crippen LogP contribution in [0.5, 0.6) is 5.75 Å². The summed E-state index contributed by atoms with van der Waals surface area (Å²) in [6.45, 7) is 0. The molecule has 2 aliphatic carbocycles. The van der Waals surface area contributed by atoms with Crippen molar-refractivity contribution in [3.63, 3.8) is 0 Å². The fourth-order valence-corrected chi connectivity index (χ4v) is 3.82. The average molecular weight is 247 g/mol. The van der Waals surface area contributed by atoms with Gasteiger partial charge >= 0.3 is 0 Å². The van der Waals surface area contributed by atoms with E-state index >= 15 is 0 Å². The molecule has 0 amide bonds. The van der Waals surface area contributed by atoms with E-state index in [4.69, 9.17) is 4.74 Å². The molecule has 3 nitrogen and oxygen atoms in total. The quantitative estimate of drug-likeness (QED) is 0.889. The van der Waals surface area contributed by atoms with Crippen molar-refractivity contribution in [2.45, 2.75) is 38.2 Å². The van der Waals surface area contributed by atoms with E-state index in [1.807, 2.05) is 6.07 Å². The van der Waals surface area contributed by atoms with Gasteiger partial charge in [-0.2, -0.15) is 0 Å². The highest BCUT2D eigenvalue weighted by molar-refractivity contribution is 5.25. The predicted molar refractivity (Wildman–Crippen MR) is 69.3 cm³/mol.